The molecule has 0 saturated carbocycles. The third-order valence-corrected chi connectivity index (χ3v) is 3.07. The molecule has 0 saturated heterocycles. The van der Waals surface area contributed by atoms with Crippen LogP contribution >= 0.6 is 15.9 Å². The highest BCUT2D eigenvalue weighted by molar-refractivity contribution is 9.10. The number of carboxylic acid groups (broad SMARTS) is 1. The van der Waals surface area contributed by atoms with Gasteiger partial charge in [0.15, 0.2) is 0 Å². The smallest absolute Gasteiger partial charge is 0.335 e. The summed E-state index contributed by atoms with van der Waals surface area (Å²) in [5.41, 5.74) is 6.34. The minimum absolute atomic E-state index is 0.151. The number of aromatic carboxylic acids is 1. The predicted octanol–water partition coefficient (Wildman–Crippen LogP) is 2.21. The number of nitrogens with one attached hydrogen (secondary N) is 1. The highest BCUT2D eigenvalue weighted by Gasteiger charge is 2.14. The van der Waals surface area contributed by atoms with Crippen LogP contribution in [-0.2, 0) is 4.79 Å². The van der Waals surface area contributed by atoms with Crippen molar-refractivity contribution in [1.29, 1.82) is 0 Å². The SMILES string of the molecule is CCC[C@H](N)C(=O)Nc1ccc(C(=O)O)cc1Br. The van der Waals surface area contributed by atoms with E-state index in [-0.39, 0.29) is 11.5 Å². The second-order valence-corrected chi connectivity index (χ2v) is 4.74. The zero-order chi connectivity index (χ0) is 13.7. The number of hydrogen-bond acceptors (Lipinski definition) is 3. The van der Waals surface area contributed by atoms with Gasteiger partial charge in [-0.15, -0.1) is 0 Å². The van der Waals surface area contributed by atoms with E-state index in [0.29, 0.717) is 16.6 Å². The Morgan fingerprint density at radius 2 is 2.17 bits per heavy atom. The highest BCUT2D eigenvalue weighted by atomic mass is 79.9. The van der Waals surface area contributed by atoms with E-state index in [9.17, 15) is 9.59 Å². The lowest BCUT2D eigenvalue weighted by Gasteiger charge is -2.12. The number of anilines is 1. The average molecular weight is 315 g/mol. The number of carboxylic acids is 1. The second-order valence-electron chi connectivity index (χ2n) is 3.88. The fourth-order valence-electron chi connectivity index (χ4n) is 1.42. The molecule has 0 bridgehead atoms. The van der Waals surface area contributed by atoms with Gasteiger partial charge in [-0.3, -0.25) is 4.79 Å². The lowest BCUT2D eigenvalue weighted by atomic mass is 10.1. The summed E-state index contributed by atoms with van der Waals surface area (Å²) in [5.74, 6) is -1.29. The van der Waals surface area contributed by atoms with Crippen LogP contribution < -0.4 is 11.1 Å². The summed E-state index contributed by atoms with van der Waals surface area (Å²) in [5, 5.41) is 11.5. The summed E-state index contributed by atoms with van der Waals surface area (Å²) in [7, 11) is 0. The number of benzene rings is 1. The van der Waals surface area contributed by atoms with Crippen LogP contribution in [0.1, 0.15) is 30.1 Å². The van der Waals surface area contributed by atoms with Crippen LogP contribution in [0.2, 0.25) is 0 Å². The molecule has 98 valence electrons. The largest absolute Gasteiger partial charge is 0.478 e. The molecule has 0 heterocycles. The van der Waals surface area contributed by atoms with Crippen LogP contribution in [0, 0.1) is 0 Å². The van der Waals surface area contributed by atoms with Gasteiger partial charge in [0.05, 0.1) is 17.3 Å². The number of amides is 1. The number of carbonyl (C=O) groups excluding carboxylic acids is 1. The van der Waals surface area contributed by atoms with E-state index in [4.69, 9.17) is 10.8 Å². The normalized spacial score (nSPS) is 11.9. The third-order valence-electron chi connectivity index (χ3n) is 2.41. The van der Waals surface area contributed by atoms with E-state index in [1.807, 2.05) is 6.92 Å². The molecular weight excluding hydrogens is 300 g/mol. The molecule has 18 heavy (non-hydrogen) atoms. The number of rotatable bonds is 5. The molecule has 0 unspecified atom stereocenters. The van der Waals surface area contributed by atoms with E-state index < -0.39 is 12.0 Å². The molecule has 0 aliphatic carbocycles. The molecule has 6 heteroatoms. The van der Waals surface area contributed by atoms with Gasteiger partial charge in [0.1, 0.15) is 0 Å². The summed E-state index contributed by atoms with van der Waals surface area (Å²) >= 11 is 3.21. The molecule has 0 spiro atoms. The molecule has 0 aliphatic heterocycles. The molecule has 1 atom stereocenters. The molecular formula is C12H15BrN2O3. The molecule has 0 radical (unpaired) electrons. The Kier molecular flexibility index (Phi) is 5.30. The monoisotopic (exact) mass is 314 g/mol. The van der Waals surface area contributed by atoms with E-state index in [1.54, 1.807) is 0 Å². The molecule has 0 aromatic heterocycles. The first kappa shape index (κ1) is 14.7. The van der Waals surface area contributed by atoms with Gasteiger partial charge >= 0.3 is 5.97 Å². The Morgan fingerprint density at radius 1 is 1.50 bits per heavy atom. The van der Waals surface area contributed by atoms with E-state index >= 15 is 0 Å². The standard InChI is InChI=1S/C12H15BrN2O3/c1-2-3-9(14)11(16)15-10-5-4-7(12(17)18)6-8(10)13/h4-6,9H,2-3,14H2,1H3,(H,15,16)(H,17,18)/t9-/m0/s1. The van der Waals surface area contributed by atoms with Crippen LogP contribution in [0.4, 0.5) is 5.69 Å². The van der Waals surface area contributed by atoms with Crippen LogP contribution in [0.15, 0.2) is 22.7 Å². The number of halogens is 1. The van der Waals surface area contributed by atoms with Crippen molar-refractivity contribution in [2.45, 2.75) is 25.8 Å². The highest BCUT2D eigenvalue weighted by Crippen LogP contribution is 2.23. The molecule has 1 aromatic rings. The summed E-state index contributed by atoms with van der Waals surface area (Å²) in [4.78, 5) is 22.5. The zero-order valence-corrected chi connectivity index (χ0v) is 11.5. The van der Waals surface area contributed by atoms with Gasteiger partial charge in [-0.25, -0.2) is 4.79 Å². The van der Waals surface area contributed by atoms with Gasteiger partial charge in [0.25, 0.3) is 0 Å². The number of hydrogen-bond donors (Lipinski definition) is 3. The van der Waals surface area contributed by atoms with Gasteiger partial charge < -0.3 is 16.2 Å². The topological polar surface area (TPSA) is 92.4 Å². The molecule has 0 fully saturated rings. The van der Waals surface area contributed by atoms with E-state index in [0.717, 1.165) is 6.42 Å². The number of nitrogens with two attached hydrogens (primary N) is 1. The maximum atomic E-state index is 11.7. The van der Waals surface area contributed by atoms with Crippen molar-refractivity contribution in [3.63, 3.8) is 0 Å². The Bertz CT molecular complexity index is 463. The average Bonchev–Trinajstić information content (AvgIpc) is 2.31. The van der Waals surface area contributed by atoms with Gasteiger partial charge in [-0.2, -0.15) is 0 Å². The predicted molar refractivity (Wildman–Crippen MR) is 72.6 cm³/mol. The van der Waals surface area contributed by atoms with Gasteiger partial charge in [0, 0.05) is 4.47 Å². The van der Waals surface area contributed by atoms with Crippen LogP contribution in [0.5, 0.6) is 0 Å². The summed E-state index contributed by atoms with van der Waals surface area (Å²) in [6, 6.07) is 3.84. The molecule has 1 aromatic carbocycles. The van der Waals surface area contributed by atoms with Crippen molar-refractivity contribution in [2.24, 2.45) is 5.73 Å². The minimum Gasteiger partial charge on any atom is -0.478 e. The first-order valence-electron chi connectivity index (χ1n) is 5.55. The molecule has 5 nitrogen and oxygen atoms in total. The Morgan fingerprint density at radius 3 is 2.67 bits per heavy atom. The van der Waals surface area contributed by atoms with Gasteiger partial charge in [0.2, 0.25) is 5.91 Å². The van der Waals surface area contributed by atoms with Crippen molar-refractivity contribution in [1.82, 2.24) is 0 Å². The Balaban J connectivity index is 2.79. The molecule has 4 N–H and O–H groups in total. The lowest BCUT2D eigenvalue weighted by Crippen LogP contribution is -2.35. The minimum atomic E-state index is -1.02. The van der Waals surface area contributed by atoms with Crippen molar-refractivity contribution >= 4 is 33.5 Å². The molecule has 1 amide bonds. The summed E-state index contributed by atoms with van der Waals surface area (Å²) in [6.45, 7) is 1.95. The van der Waals surface area contributed by atoms with Crippen LogP contribution in [0.25, 0.3) is 0 Å². The van der Waals surface area contributed by atoms with Crippen molar-refractivity contribution < 1.29 is 14.7 Å². The first-order valence-corrected chi connectivity index (χ1v) is 6.34. The maximum absolute atomic E-state index is 11.7. The van der Waals surface area contributed by atoms with Crippen molar-refractivity contribution in [3.8, 4) is 0 Å². The number of carbonyl (C=O) groups is 2. The first-order chi connectivity index (χ1) is 8.45. The molecule has 1 rings (SSSR count). The van der Waals surface area contributed by atoms with Crippen molar-refractivity contribution in [2.75, 3.05) is 5.32 Å². The lowest BCUT2D eigenvalue weighted by molar-refractivity contribution is -0.117. The quantitative estimate of drug-likeness (QED) is 0.777. The van der Waals surface area contributed by atoms with Crippen LogP contribution in [0.3, 0.4) is 0 Å². The zero-order valence-electron chi connectivity index (χ0n) is 9.94. The van der Waals surface area contributed by atoms with Gasteiger partial charge in [-0.1, -0.05) is 13.3 Å². The fourth-order valence-corrected chi connectivity index (χ4v) is 1.89. The van der Waals surface area contributed by atoms with Gasteiger partial charge in [-0.05, 0) is 40.5 Å². The van der Waals surface area contributed by atoms with E-state index in [1.165, 1.54) is 18.2 Å². The second kappa shape index (κ2) is 6.51. The fraction of sp³-hybridized carbons (Fsp3) is 0.333. The Labute approximate surface area is 113 Å². The van der Waals surface area contributed by atoms with Crippen molar-refractivity contribution in [3.05, 3.63) is 28.2 Å². The van der Waals surface area contributed by atoms with Crippen LogP contribution in [-0.4, -0.2) is 23.0 Å². The summed E-state index contributed by atoms with van der Waals surface area (Å²) < 4.78 is 0.513. The van der Waals surface area contributed by atoms with E-state index in [2.05, 4.69) is 21.2 Å². The third kappa shape index (κ3) is 3.82. The Hall–Kier alpha value is -1.40. The maximum Gasteiger partial charge on any atom is 0.335 e. The molecule has 0 aliphatic rings. The summed E-state index contributed by atoms with van der Waals surface area (Å²) in [6.07, 6.45) is 1.43.